The number of rotatable bonds is 4. The molecule has 0 spiro atoms. The molecule has 0 aliphatic carbocycles. The summed E-state index contributed by atoms with van der Waals surface area (Å²) < 4.78 is 13.1. The number of hydrogen-bond donors (Lipinski definition) is 1. The van der Waals surface area contributed by atoms with Crippen LogP contribution in [0.2, 0.25) is 0 Å². The van der Waals surface area contributed by atoms with Gasteiger partial charge in [0.05, 0.1) is 0 Å². The van der Waals surface area contributed by atoms with Crippen molar-refractivity contribution in [1.82, 2.24) is 5.32 Å². The van der Waals surface area contributed by atoms with Crippen LogP contribution in [-0.2, 0) is 0 Å². The lowest BCUT2D eigenvalue weighted by Gasteiger charge is -2.28. The zero-order chi connectivity index (χ0) is 12.3. The fourth-order valence-electron chi connectivity index (χ4n) is 2.07. The van der Waals surface area contributed by atoms with Gasteiger partial charge in [-0.15, -0.1) is 0 Å². The third kappa shape index (κ3) is 2.82. The Bertz CT molecular complexity index is 347. The Balaban J connectivity index is 3.04. The van der Waals surface area contributed by atoms with Gasteiger partial charge in [-0.2, -0.15) is 0 Å². The van der Waals surface area contributed by atoms with Gasteiger partial charge < -0.3 is 5.32 Å². The van der Waals surface area contributed by atoms with Crippen LogP contribution < -0.4 is 5.32 Å². The van der Waals surface area contributed by atoms with E-state index in [4.69, 9.17) is 0 Å². The van der Waals surface area contributed by atoms with E-state index in [1.165, 1.54) is 5.56 Å². The molecule has 0 amide bonds. The van der Waals surface area contributed by atoms with Crippen LogP contribution in [0.15, 0.2) is 18.2 Å². The van der Waals surface area contributed by atoms with Gasteiger partial charge in [-0.25, -0.2) is 4.39 Å². The molecular weight excluding hydrogens is 201 g/mol. The van der Waals surface area contributed by atoms with Crippen LogP contribution in [0, 0.1) is 24.6 Å². The molecule has 0 aromatic heterocycles. The summed E-state index contributed by atoms with van der Waals surface area (Å²) in [5, 5.41) is 3.34. The van der Waals surface area contributed by atoms with Crippen molar-refractivity contribution in [2.24, 2.45) is 11.8 Å². The maximum absolute atomic E-state index is 13.1. The second kappa shape index (κ2) is 5.44. The molecule has 2 heteroatoms. The van der Waals surface area contributed by atoms with Gasteiger partial charge in [-0.3, -0.25) is 0 Å². The summed E-state index contributed by atoms with van der Waals surface area (Å²) in [4.78, 5) is 0. The van der Waals surface area contributed by atoms with Crippen LogP contribution in [0.1, 0.15) is 37.9 Å². The third-order valence-corrected chi connectivity index (χ3v) is 3.46. The van der Waals surface area contributed by atoms with Gasteiger partial charge in [0.15, 0.2) is 0 Å². The number of benzene rings is 1. The smallest absolute Gasteiger partial charge is 0.123 e. The Morgan fingerprint density at radius 1 is 1.19 bits per heavy atom. The monoisotopic (exact) mass is 223 g/mol. The molecule has 1 N–H and O–H groups in total. The van der Waals surface area contributed by atoms with Gasteiger partial charge in [0.1, 0.15) is 5.82 Å². The van der Waals surface area contributed by atoms with Crippen LogP contribution in [0.25, 0.3) is 0 Å². The fourth-order valence-corrected chi connectivity index (χ4v) is 2.07. The molecule has 2 unspecified atom stereocenters. The SMILES string of the molecule is CNC(c1ccc(F)cc1C)C(C)C(C)C. The predicted octanol–water partition coefficient (Wildman–Crippen LogP) is 3.69. The highest BCUT2D eigenvalue weighted by Crippen LogP contribution is 2.29. The second-order valence-electron chi connectivity index (χ2n) is 4.87. The van der Waals surface area contributed by atoms with E-state index in [9.17, 15) is 4.39 Å². The summed E-state index contributed by atoms with van der Waals surface area (Å²) in [6.07, 6.45) is 0. The first-order valence-electron chi connectivity index (χ1n) is 5.90. The maximum atomic E-state index is 13.1. The number of hydrogen-bond acceptors (Lipinski definition) is 1. The lowest BCUT2D eigenvalue weighted by Crippen LogP contribution is -2.27. The number of halogens is 1. The Morgan fingerprint density at radius 2 is 1.81 bits per heavy atom. The average molecular weight is 223 g/mol. The molecule has 0 aliphatic heterocycles. The Morgan fingerprint density at radius 3 is 2.25 bits per heavy atom. The summed E-state index contributed by atoms with van der Waals surface area (Å²) in [6.45, 7) is 8.63. The van der Waals surface area contributed by atoms with Gasteiger partial charge in [0.2, 0.25) is 0 Å². The molecule has 1 aromatic rings. The highest BCUT2D eigenvalue weighted by atomic mass is 19.1. The molecule has 0 radical (unpaired) electrons. The first-order chi connectivity index (χ1) is 7.47. The quantitative estimate of drug-likeness (QED) is 0.821. The van der Waals surface area contributed by atoms with Crippen molar-refractivity contribution in [2.75, 3.05) is 7.05 Å². The van der Waals surface area contributed by atoms with Gasteiger partial charge in [-0.05, 0) is 49.1 Å². The molecule has 0 fully saturated rings. The largest absolute Gasteiger partial charge is 0.313 e. The molecule has 0 saturated carbocycles. The van der Waals surface area contributed by atoms with Crippen molar-refractivity contribution in [2.45, 2.75) is 33.7 Å². The van der Waals surface area contributed by atoms with Gasteiger partial charge in [0, 0.05) is 6.04 Å². The normalized spacial score (nSPS) is 15.2. The van der Waals surface area contributed by atoms with E-state index < -0.39 is 0 Å². The molecule has 0 aliphatic rings. The Hall–Kier alpha value is -0.890. The highest BCUT2D eigenvalue weighted by Gasteiger charge is 2.21. The third-order valence-electron chi connectivity index (χ3n) is 3.46. The van der Waals surface area contributed by atoms with E-state index in [-0.39, 0.29) is 5.82 Å². The lowest BCUT2D eigenvalue weighted by molar-refractivity contribution is 0.316. The molecule has 16 heavy (non-hydrogen) atoms. The standard InChI is InChI=1S/C14H22FN/c1-9(2)11(4)14(16-5)13-7-6-12(15)8-10(13)3/h6-9,11,14,16H,1-5H3. The molecule has 90 valence electrons. The second-order valence-corrected chi connectivity index (χ2v) is 4.87. The number of aryl methyl sites for hydroxylation is 1. The Labute approximate surface area is 98.1 Å². The van der Waals surface area contributed by atoms with Crippen LogP contribution in [0.4, 0.5) is 4.39 Å². The average Bonchev–Trinajstić information content (AvgIpc) is 2.21. The lowest BCUT2D eigenvalue weighted by atomic mass is 9.84. The molecular formula is C14H22FN. The maximum Gasteiger partial charge on any atom is 0.123 e. The van der Waals surface area contributed by atoms with Crippen molar-refractivity contribution in [3.8, 4) is 0 Å². The molecule has 0 heterocycles. The van der Waals surface area contributed by atoms with Crippen molar-refractivity contribution >= 4 is 0 Å². The molecule has 2 atom stereocenters. The minimum Gasteiger partial charge on any atom is -0.313 e. The fraction of sp³-hybridized carbons (Fsp3) is 0.571. The van der Waals surface area contributed by atoms with E-state index >= 15 is 0 Å². The zero-order valence-corrected chi connectivity index (χ0v) is 10.8. The predicted molar refractivity (Wildman–Crippen MR) is 66.9 cm³/mol. The summed E-state index contributed by atoms with van der Waals surface area (Å²) in [5.41, 5.74) is 2.22. The van der Waals surface area contributed by atoms with Gasteiger partial charge in [0.25, 0.3) is 0 Å². The highest BCUT2D eigenvalue weighted by molar-refractivity contribution is 5.30. The minimum absolute atomic E-state index is 0.159. The van der Waals surface area contributed by atoms with Crippen molar-refractivity contribution in [1.29, 1.82) is 0 Å². The molecule has 0 saturated heterocycles. The van der Waals surface area contributed by atoms with Gasteiger partial charge >= 0.3 is 0 Å². The first-order valence-corrected chi connectivity index (χ1v) is 5.90. The van der Waals surface area contributed by atoms with Crippen LogP contribution in [0.5, 0.6) is 0 Å². The molecule has 0 bridgehead atoms. The van der Waals surface area contributed by atoms with E-state index in [0.29, 0.717) is 17.9 Å². The molecule has 1 aromatic carbocycles. The summed E-state index contributed by atoms with van der Waals surface area (Å²) in [6, 6.07) is 5.33. The van der Waals surface area contributed by atoms with Crippen molar-refractivity contribution in [3.63, 3.8) is 0 Å². The summed E-state index contributed by atoms with van der Waals surface area (Å²) in [7, 11) is 1.96. The van der Waals surface area contributed by atoms with Crippen molar-refractivity contribution < 1.29 is 4.39 Å². The molecule has 1 nitrogen and oxygen atoms in total. The van der Waals surface area contributed by atoms with Gasteiger partial charge in [-0.1, -0.05) is 26.8 Å². The van der Waals surface area contributed by atoms with E-state index in [1.54, 1.807) is 12.1 Å². The molecule has 1 rings (SSSR count). The van der Waals surface area contributed by atoms with Crippen LogP contribution >= 0.6 is 0 Å². The van der Waals surface area contributed by atoms with Crippen LogP contribution in [-0.4, -0.2) is 7.05 Å². The van der Waals surface area contributed by atoms with E-state index in [0.717, 1.165) is 5.56 Å². The van der Waals surface area contributed by atoms with E-state index in [1.807, 2.05) is 20.0 Å². The van der Waals surface area contributed by atoms with Crippen LogP contribution in [0.3, 0.4) is 0 Å². The van der Waals surface area contributed by atoms with Crippen molar-refractivity contribution in [3.05, 3.63) is 35.1 Å². The number of nitrogens with one attached hydrogen (secondary N) is 1. The summed E-state index contributed by atoms with van der Waals surface area (Å²) >= 11 is 0. The summed E-state index contributed by atoms with van der Waals surface area (Å²) in [5.74, 6) is 0.962. The Kier molecular flexibility index (Phi) is 4.48. The topological polar surface area (TPSA) is 12.0 Å². The first kappa shape index (κ1) is 13.2. The minimum atomic E-state index is -0.159. The zero-order valence-electron chi connectivity index (χ0n) is 10.8. The van der Waals surface area contributed by atoms with E-state index in [2.05, 4.69) is 26.1 Å².